The lowest BCUT2D eigenvalue weighted by Gasteiger charge is -2.14. The summed E-state index contributed by atoms with van der Waals surface area (Å²) in [6.45, 7) is 0. The molecule has 0 heteroatoms. The van der Waals surface area contributed by atoms with Crippen molar-refractivity contribution in [1.82, 2.24) is 0 Å². The van der Waals surface area contributed by atoms with Crippen LogP contribution in [0.2, 0.25) is 0 Å². The molecule has 0 aliphatic rings. The second-order valence-electron chi connectivity index (χ2n) is 7.80. The first-order valence-corrected chi connectivity index (χ1v) is 10.4. The predicted octanol–water partition coefficient (Wildman–Crippen LogP) is 8.48. The molecule has 0 heterocycles. The molecule has 0 spiro atoms. The maximum absolute atomic E-state index is 2.37. The van der Waals surface area contributed by atoms with E-state index in [9.17, 15) is 0 Å². The summed E-state index contributed by atoms with van der Waals surface area (Å²) in [5.41, 5.74) is 5.10. The van der Waals surface area contributed by atoms with Crippen molar-refractivity contribution in [1.29, 1.82) is 0 Å². The molecule has 0 aliphatic carbocycles. The van der Waals surface area contributed by atoms with Crippen LogP contribution < -0.4 is 0 Å². The number of rotatable bonds is 2. The molecule has 0 unspecified atom stereocenters. The minimum atomic E-state index is 1.26. The molecule has 0 nitrogen and oxygen atoms in total. The van der Waals surface area contributed by atoms with Gasteiger partial charge in [0.05, 0.1) is 0 Å². The van der Waals surface area contributed by atoms with Gasteiger partial charge in [0.2, 0.25) is 0 Å². The highest BCUT2D eigenvalue weighted by atomic mass is 14.2. The van der Waals surface area contributed by atoms with E-state index in [2.05, 4.69) is 121 Å². The normalized spacial score (nSPS) is 11.3. The van der Waals surface area contributed by atoms with E-state index >= 15 is 0 Å². The van der Waals surface area contributed by atoms with Gasteiger partial charge in [-0.1, -0.05) is 109 Å². The van der Waals surface area contributed by atoms with Gasteiger partial charge in [-0.3, -0.25) is 0 Å². The molecule has 0 saturated carbocycles. The van der Waals surface area contributed by atoms with Gasteiger partial charge in [0.1, 0.15) is 0 Å². The molecule has 6 aromatic carbocycles. The zero-order valence-corrected chi connectivity index (χ0v) is 16.5. The molecule has 0 atom stereocenters. The third-order valence-corrected chi connectivity index (χ3v) is 6.04. The zero-order chi connectivity index (χ0) is 19.9. The minimum Gasteiger partial charge on any atom is -0.0616 e. The van der Waals surface area contributed by atoms with E-state index in [-0.39, 0.29) is 0 Å². The van der Waals surface area contributed by atoms with E-state index in [0.29, 0.717) is 0 Å². The number of hydrogen-bond donors (Lipinski definition) is 0. The zero-order valence-electron chi connectivity index (χ0n) is 16.5. The Morgan fingerprint density at radius 1 is 0.300 bits per heavy atom. The third-order valence-electron chi connectivity index (χ3n) is 6.04. The fourth-order valence-electron chi connectivity index (χ4n) is 4.63. The van der Waals surface area contributed by atoms with E-state index in [0.717, 1.165) is 0 Å². The van der Waals surface area contributed by atoms with E-state index in [1.54, 1.807) is 0 Å². The van der Waals surface area contributed by atoms with Gasteiger partial charge < -0.3 is 0 Å². The first-order valence-electron chi connectivity index (χ1n) is 10.4. The quantitative estimate of drug-likeness (QED) is 0.282. The maximum atomic E-state index is 2.37. The lowest BCUT2D eigenvalue weighted by molar-refractivity contribution is 1.65. The van der Waals surface area contributed by atoms with Gasteiger partial charge in [0, 0.05) is 0 Å². The summed E-state index contributed by atoms with van der Waals surface area (Å²) in [6.07, 6.45) is 0. The van der Waals surface area contributed by atoms with E-state index < -0.39 is 0 Å². The van der Waals surface area contributed by atoms with Crippen LogP contribution >= 0.6 is 0 Å². The Labute approximate surface area is 176 Å². The predicted molar refractivity (Wildman–Crippen MR) is 130 cm³/mol. The van der Waals surface area contributed by atoms with Gasteiger partial charge >= 0.3 is 0 Å². The monoisotopic (exact) mass is 380 g/mol. The Hall–Kier alpha value is -3.90. The maximum Gasteiger partial charge on any atom is -0.00930 e. The van der Waals surface area contributed by atoms with Crippen molar-refractivity contribution in [3.63, 3.8) is 0 Å². The second-order valence-corrected chi connectivity index (χ2v) is 7.80. The van der Waals surface area contributed by atoms with Gasteiger partial charge in [-0.2, -0.15) is 0 Å². The summed E-state index contributed by atoms with van der Waals surface area (Å²) in [5, 5.41) is 7.69. The Morgan fingerprint density at radius 2 is 0.767 bits per heavy atom. The van der Waals surface area contributed by atoms with Crippen molar-refractivity contribution in [3.05, 3.63) is 121 Å². The molecule has 0 saturated heterocycles. The highest BCUT2D eigenvalue weighted by Gasteiger charge is 2.12. The Kier molecular flexibility index (Phi) is 3.89. The second kappa shape index (κ2) is 6.86. The lowest BCUT2D eigenvalue weighted by atomic mass is 9.89. The molecule has 30 heavy (non-hydrogen) atoms. The molecule has 6 rings (SSSR count). The van der Waals surface area contributed by atoms with Gasteiger partial charge in [-0.25, -0.2) is 0 Å². The Morgan fingerprint density at radius 3 is 1.43 bits per heavy atom. The van der Waals surface area contributed by atoms with Crippen LogP contribution in [0.15, 0.2) is 121 Å². The first-order chi connectivity index (χ1) is 14.9. The third kappa shape index (κ3) is 2.69. The minimum absolute atomic E-state index is 1.26. The standard InChI is InChI=1S/C30H20/c1-4-14-25-21(9-1)12-7-17-28(25)24-19-23-11-3-6-16-27(23)30(20-24)29-18-8-13-22-10-2-5-15-26(22)29/h1-20H. The molecule has 6 aromatic rings. The molecule has 0 radical (unpaired) electrons. The number of benzene rings is 6. The van der Waals surface area contributed by atoms with Crippen LogP contribution in [0.25, 0.3) is 54.6 Å². The average Bonchev–Trinajstić information content (AvgIpc) is 2.82. The van der Waals surface area contributed by atoms with Crippen LogP contribution in [0.1, 0.15) is 0 Å². The highest BCUT2D eigenvalue weighted by Crippen LogP contribution is 2.39. The summed E-state index contributed by atoms with van der Waals surface area (Å²) in [7, 11) is 0. The highest BCUT2D eigenvalue weighted by molar-refractivity contribution is 6.08. The fraction of sp³-hybridized carbons (Fsp3) is 0. The Bertz CT molecular complexity index is 1530. The van der Waals surface area contributed by atoms with Crippen molar-refractivity contribution < 1.29 is 0 Å². The van der Waals surface area contributed by atoms with E-state index in [4.69, 9.17) is 0 Å². The molecular weight excluding hydrogens is 360 g/mol. The molecule has 0 N–H and O–H groups in total. The topological polar surface area (TPSA) is 0 Å². The van der Waals surface area contributed by atoms with Crippen LogP contribution in [-0.4, -0.2) is 0 Å². The SMILES string of the molecule is c1ccc2c(-c3cc(-c4cccc5ccccc45)c4ccccc4c3)cccc2c1. The van der Waals surface area contributed by atoms with Crippen molar-refractivity contribution >= 4 is 32.3 Å². The summed E-state index contributed by atoms with van der Waals surface area (Å²) < 4.78 is 0. The molecular formula is C30H20. The van der Waals surface area contributed by atoms with Gasteiger partial charge in [0.15, 0.2) is 0 Å². The average molecular weight is 380 g/mol. The van der Waals surface area contributed by atoms with E-state index in [1.807, 2.05) is 0 Å². The van der Waals surface area contributed by atoms with Crippen molar-refractivity contribution in [2.24, 2.45) is 0 Å². The summed E-state index contributed by atoms with van der Waals surface area (Å²) in [6, 6.07) is 43.9. The lowest BCUT2D eigenvalue weighted by Crippen LogP contribution is -1.88. The van der Waals surface area contributed by atoms with Crippen molar-refractivity contribution in [2.45, 2.75) is 0 Å². The molecule has 0 bridgehead atoms. The first kappa shape index (κ1) is 17.0. The number of fused-ring (bicyclic) bond motifs is 3. The summed E-state index contributed by atoms with van der Waals surface area (Å²) >= 11 is 0. The molecule has 140 valence electrons. The van der Waals surface area contributed by atoms with Crippen LogP contribution in [0.5, 0.6) is 0 Å². The summed E-state index contributed by atoms with van der Waals surface area (Å²) in [5.74, 6) is 0. The summed E-state index contributed by atoms with van der Waals surface area (Å²) in [4.78, 5) is 0. The van der Waals surface area contributed by atoms with Crippen LogP contribution in [-0.2, 0) is 0 Å². The van der Waals surface area contributed by atoms with E-state index in [1.165, 1.54) is 54.6 Å². The van der Waals surface area contributed by atoms with Gasteiger partial charge in [-0.15, -0.1) is 0 Å². The smallest absolute Gasteiger partial charge is 0.00930 e. The van der Waals surface area contributed by atoms with Crippen LogP contribution in [0.4, 0.5) is 0 Å². The van der Waals surface area contributed by atoms with Crippen LogP contribution in [0, 0.1) is 0 Å². The largest absolute Gasteiger partial charge is 0.0616 e. The van der Waals surface area contributed by atoms with Crippen molar-refractivity contribution in [2.75, 3.05) is 0 Å². The van der Waals surface area contributed by atoms with Crippen molar-refractivity contribution in [3.8, 4) is 22.3 Å². The van der Waals surface area contributed by atoms with Gasteiger partial charge in [-0.05, 0) is 66.7 Å². The molecule has 0 amide bonds. The number of hydrogen-bond acceptors (Lipinski definition) is 0. The Balaban J connectivity index is 1.71. The van der Waals surface area contributed by atoms with Gasteiger partial charge in [0.25, 0.3) is 0 Å². The molecule has 0 aliphatic heterocycles. The fourth-order valence-corrected chi connectivity index (χ4v) is 4.63. The van der Waals surface area contributed by atoms with Crippen LogP contribution in [0.3, 0.4) is 0 Å². The molecule has 0 fully saturated rings. The molecule has 0 aromatic heterocycles.